The maximum absolute atomic E-state index is 5.37. The van der Waals surface area contributed by atoms with Crippen molar-refractivity contribution < 1.29 is 2.69 Å². The van der Waals surface area contributed by atoms with Crippen LogP contribution in [0.3, 0.4) is 0 Å². The van der Waals surface area contributed by atoms with Gasteiger partial charge in [0.05, 0.1) is 0 Å². The number of hydrogen-bond donors (Lipinski definition) is 0. The summed E-state index contributed by atoms with van der Waals surface area (Å²) in [6.07, 6.45) is 0. The molecule has 0 aromatic heterocycles. The van der Waals surface area contributed by atoms with Gasteiger partial charge < -0.3 is 0 Å². The van der Waals surface area contributed by atoms with Crippen LogP contribution in [-0.2, 0) is 2.69 Å². The molecule has 0 unspecified atom stereocenters. The minimum absolute atomic E-state index is 0.0637. The van der Waals surface area contributed by atoms with E-state index in [4.69, 9.17) is 2.69 Å². The van der Waals surface area contributed by atoms with Crippen molar-refractivity contribution in [3.63, 3.8) is 0 Å². The van der Waals surface area contributed by atoms with Gasteiger partial charge in [-0.25, -0.2) is 0 Å². The number of rotatable bonds is 3. The maximum atomic E-state index is 5.37. The molecule has 0 bridgehead atoms. The Hall–Kier alpha value is 0.842. The molecule has 0 aliphatic carbocycles. The standard InChI is InChI=1S/C6H14NO.Pb.H/c1-6(2,8)5-7(3)4;;/h5H2,1-4H3;;/q-1;+1;. The molecule has 0 saturated heterocycles. The summed E-state index contributed by atoms with van der Waals surface area (Å²) >= 11 is 0.643. The van der Waals surface area contributed by atoms with Gasteiger partial charge in [-0.3, -0.25) is 0 Å². The third-order valence-electron chi connectivity index (χ3n) is 1.02. The van der Waals surface area contributed by atoms with Gasteiger partial charge in [-0.1, -0.05) is 0 Å². The summed E-state index contributed by atoms with van der Waals surface area (Å²) in [6, 6.07) is 0. The van der Waals surface area contributed by atoms with Crippen LogP contribution in [0.25, 0.3) is 0 Å². The predicted molar refractivity (Wildman–Crippen MR) is 40.9 cm³/mol. The average molecular weight is 324 g/mol. The number of hydrogen-bond acceptors (Lipinski definition) is 2. The Morgan fingerprint density at radius 2 is 1.89 bits per heavy atom. The number of likely N-dealkylation sites (N-methyl/N-ethyl adjacent to an activating group) is 1. The summed E-state index contributed by atoms with van der Waals surface area (Å²) in [5, 5.41) is 0. The van der Waals surface area contributed by atoms with Crippen LogP contribution in [0.15, 0.2) is 0 Å². The van der Waals surface area contributed by atoms with Gasteiger partial charge in [0.25, 0.3) is 0 Å². The van der Waals surface area contributed by atoms with Crippen molar-refractivity contribution in [3.8, 4) is 0 Å². The first-order valence-corrected chi connectivity index (χ1v) is 4.84. The quantitative estimate of drug-likeness (QED) is 0.686. The van der Waals surface area contributed by atoms with Crippen molar-refractivity contribution in [1.82, 2.24) is 4.90 Å². The zero-order chi connectivity index (χ0) is 7.49. The van der Waals surface area contributed by atoms with Crippen LogP contribution in [0, 0.1) is 0 Å². The van der Waals surface area contributed by atoms with Crippen molar-refractivity contribution >= 4 is 26.2 Å². The van der Waals surface area contributed by atoms with E-state index in [9.17, 15) is 0 Å². The predicted octanol–water partition coefficient (Wildman–Crippen LogP) is 0.159. The van der Waals surface area contributed by atoms with Crippen LogP contribution in [0.2, 0.25) is 0 Å². The van der Waals surface area contributed by atoms with E-state index < -0.39 is 0 Å². The van der Waals surface area contributed by atoms with Crippen molar-refractivity contribution in [2.45, 2.75) is 19.4 Å². The van der Waals surface area contributed by atoms with Gasteiger partial charge in [0.15, 0.2) is 0 Å². The van der Waals surface area contributed by atoms with Crippen LogP contribution in [0.4, 0.5) is 0 Å². The van der Waals surface area contributed by atoms with E-state index in [1.165, 1.54) is 0 Å². The molecule has 0 atom stereocenters. The molecule has 54 valence electrons. The van der Waals surface area contributed by atoms with E-state index >= 15 is 0 Å². The number of nitrogens with zero attached hydrogens (tertiary/aromatic N) is 1. The fraction of sp³-hybridized carbons (Fsp3) is 1.00. The van der Waals surface area contributed by atoms with E-state index in [2.05, 4.69) is 32.8 Å². The Morgan fingerprint density at radius 1 is 1.44 bits per heavy atom. The molecule has 2 radical (unpaired) electrons. The fourth-order valence-corrected chi connectivity index (χ4v) is 1.09. The van der Waals surface area contributed by atoms with Gasteiger partial charge in [-0.2, -0.15) is 0 Å². The first kappa shape index (κ1) is 9.84. The molecule has 0 aliphatic heterocycles. The van der Waals surface area contributed by atoms with Crippen molar-refractivity contribution in [3.05, 3.63) is 0 Å². The summed E-state index contributed by atoms with van der Waals surface area (Å²) < 4.78 is 5.37. The van der Waals surface area contributed by atoms with E-state index in [0.29, 0.717) is 26.2 Å². The van der Waals surface area contributed by atoms with Crippen molar-refractivity contribution in [2.75, 3.05) is 20.6 Å². The Kier molecular flexibility index (Phi) is 4.24. The molecule has 0 rings (SSSR count). The first-order valence-electron chi connectivity index (χ1n) is 3.00. The Bertz CT molecular complexity index is 83.1. The average Bonchev–Trinajstić information content (AvgIpc) is 1.63. The Labute approximate surface area is 73.9 Å². The zero-order valence-electron chi connectivity index (χ0n) is 6.64. The molecule has 0 heterocycles. The summed E-state index contributed by atoms with van der Waals surface area (Å²) in [4.78, 5) is 2.14. The van der Waals surface area contributed by atoms with Crippen LogP contribution in [0.1, 0.15) is 13.8 Å². The van der Waals surface area contributed by atoms with Gasteiger partial charge in [0.1, 0.15) is 0 Å². The molecule has 2 nitrogen and oxygen atoms in total. The molecule has 0 aromatic carbocycles. The molecule has 3 heteroatoms. The van der Waals surface area contributed by atoms with Crippen molar-refractivity contribution in [2.24, 2.45) is 0 Å². The summed E-state index contributed by atoms with van der Waals surface area (Å²) in [5.74, 6) is 0. The van der Waals surface area contributed by atoms with Crippen LogP contribution in [0.5, 0.6) is 0 Å². The van der Waals surface area contributed by atoms with Gasteiger partial charge in [-0.05, 0) is 0 Å². The summed E-state index contributed by atoms with van der Waals surface area (Å²) in [7, 11) is 4.12. The normalized spacial score (nSPS) is 12.7. The third-order valence-corrected chi connectivity index (χ3v) is 3.50. The zero-order valence-corrected chi connectivity index (χ0v) is 11.1. The third kappa shape index (κ3) is 5.29. The summed E-state index contributed by atoms with van der Waals surface area (Å²) in [6.45, 7) is 5.24. The summed E-state index contributed by atoms with van der Waals surface area (Å²) in [5.41, 5.74) is 0.0637. The van der Waals surface area contributed by atoms with Crippen LogP contribution < -0.4 is 0 Å². The molecule has 0 spiro atoms. The molecule has 0 saturated carbocycles. The minimum atomic E-state index is 0.0637. The molecule has 0 N–H and O–H groups in total. The molecule has 0 fully saturated rings. The Balaban J connectivity index is 3.58. The van der Waals surface area contributed by atoms with Crippen molar-refractivity contribution in [1.29, 1.82) is 0 Å². The van der Waals surface area contributed by atoms with E-state index in [1.807, 2.05) is 0 Å². The van der Waals surface area contributed by atoms with Gasteiger partial charge in [0.2, 0.25) is 0 Å². The first-order chi connectivity index (χ1) is 3.98. The van der Waals surface area contributed by atoms with Crippen LogP contribution >= 0.6 is 0 Å². The molecule has 9 heavy (non-hydrogen) atoms. The second kappa shape index (κ2) is 3.88. The molecule has 0 aromatic rings. The topological polar surface area (TPSA) is 12.5 Å². The molecular weight excluding hydrogens is 309 g/mol. The van der Waals surface area contributed by atoms with E-state index in [1.54, 1.807) is 0 Å². The second-order valence-corrected chi connectivity index (χ2v) is 4.03. The molecule has 0 aliphatic rings. The Morgan fingerprint density at radius 3 is 2.00 bits per heavy atom. The van der Waals surface area contributed by atoms with E-state index in [-0.39, 0.29) is 5.60 Å². The van der Waals surface area contributed by atoms with E-state index in [0.717, 1.165) is 6.54 Å². The van der Waals surface area contributed by atoms with Gasteiger partial charge >= 0.3 is 73.9 Å². The SMILES string of the molecule is CN(C)CC(C)(C)[O][PbH]. The van der Waals surface area contributed by atoms with Gasteiger partial charge in [0, 0.05) is 0 Å². The molecule has 0 amide bonds. The van der Waals surface area contributed by atoms with Crippen LogP contribution in [-0.4, -0.2) is 57.4 Å². The second-order valence-electron chi connectivity index (χ2n) is 3.12. The monoisotopic (exact) mass is 325 g/mol. The fourth-order valence-electron chi connectivity index (χ4n) is 0.799. The van der Waals surface area contributed by atoms with Gasteiger partial charge in [-0.15, -0.1) is 0 Å². The molecular formula is C6H15NOPb.